The molecule has 7 heteroatoms. The highest BCUT2D eigenvalue weighted by Gasteiger charge is 2.21. The van der Waals surface area contributed by atoms with Gasteiger partial charge in [-0.2, -0.15) is 5.10 Å². The van der Waals surface area contributed by atoms with E-state index in [2.05, 4.69) is 18.9 Å². The van der Waals surface area contributed by atoms with E-state index < -0.39 is 0 Å². The third-order valence-corrected chi connectivity index (χ3v) is 5.87. The molecule has 0 bridgehead atoms. The van der Waals surface area contributed by atoms with Crippen LogP contribution in [0.1, 0.15) is 47.2 Å². The minimum Gasteiger partial charge on any atom is -0.336 e. The maximum absolute atomic E-state index is 13.6. The molecule has 0 fully saturated rings. The van der Waals surface area contributed by atoms with Crippen LogP contribution in [0.25, 0.3) is 22.3 Å². The van der Waals surface area contributed by atoms with E-state index in [0.29, 0.717) is 34.0 Å². The normalized spacial score (nSPS) is 11.3. The van der Waals surface area contributed by atoms with Gasteiger partial charge >= 0.3 is 0 Å². The predicted octanol–water partition coefficient (Wildman–Crippen LogP) is 5.62. The average molecular weight is 448 g/mol. The van der Waals surface area contributed by atoms with E-state index >= 15 is 0 Å². The van der Waals surface area contributed by atoms with Gasteiger partial charge in [0, 0.05) is 46.9 Å². The summed E-state index contributed by atoms with van der Waals surface area (Å²) in [6, 6.07) is 13.5. The number of carbonyl (C=O) groups is 1. The van der Waals surface area contributed by atoms with Crippen molar-refractivity contribution in [1.29, 1.82) is 0 Å². The molecule has 164 valence electrons. The number of aryl methyl sites for hydroxylation is 1. The Morgan fingerprint density at radius 2 is 1.88 bits per heavy atom. The Morgan fingerprint density at radius 3 is 2.56 bits per heavy atom. The van der Waals surface area contributed by atoms with E-state index in [1.165, 1.54) is 0 Å². The van der Waals surface area contributed by atoms with Gasteiger partial charge in [0.05, 0.1) is 11.7 Å². The van der Waals surface area contributed by atoms with Crippen LogP contribution in [0.15, 0.2) is 48.7 Å². The van der Waals surface area contributed by atoms with E-state index in [4.69, 9.17) is 21.6 Å². The molecule has 2 aromatic heterocycles. The molecular weight excluding hydrogens is 422 g/mol. The van der Waals surface area contributed by atoms with Gasteiger partial charge in [0.25, 0.3) is 5.91 Å². The summed E-state index contributed by atoms with van der Waals surface area (Å²) in [5.74, 6) is 0.338. The number of benzene rings is 2. The van der Waals surface area contributed by atoms with Gasteiger partial charge in [0.2, 0.25) is 0 Å². The number of nitrogens with zero attached hydrogens (tertiary/aromatic N) is 5. The fraction of sp³-hybridized carbons (Fsp3) is 0.280. The molecule has 0 atom stereocenters. The lowest BCUT2D eigenvalue weighted by Gasteiger charge is -2.19. The largest absolute Gasteiger partial charge is 0.336 e. The molecule has 0 saturated heterocycles. The first-order valence-electron chi connectivity index (χ1n) is 10.6. The van der Waals surface area contributed by atoms with Crippen LogP contribution in [0.2, 0.25) is 5.02 Å². The van der Waals surface area contributed by atoms with Crippen LogP contribution in [-0.4, -0.2) is 37.6 Å². The van der Waals surface area contributed by atoms with Crippen LogP contribution in [-0.2, 0) is 6.54 Å². The van der Waals surface area contributed by atoms with Crippen LogP contribution in [0.4, 0.5) is 0 Å². The van der Waals surface area contributed by atoms with E-state index in [-0.39, 0.29) is 11.9 Å². The molecule has 0 N–H and O–H groups in total. The number of aromatic nitrogens is 4. The summed E-state index contributed by atoms with van der Waals surface area (Å²) in [7, 11) is 1.78. The number of halogens is 1. The summed E-state index contributed by atoms with van der Waals surface area (Å²) in [5.41, 5.74) is 5.02. The fourth-order valence-corrected chi connectivity index (χ4v) is 4.02. The van der Waals surface area contributed by atoms with Crippen molar-refractivity contribution >= 4 is 28.4 Å². The number of fused-ring (bicyclic) bond motifs is 1. The van der Waals surface area contributed by atoms with Crippen molar-refractivity contribution in [3.63, 3.8) is 0 Å². The summed E-state index contributed by atoms with van der Waals surface area (Å²) in [4.78, 5) is 24.7. The Balaban J connectivity index is 1.77. The van der Waals surface area contributed by atoms with Crippen molar-refractivity contribution < 1.29 is 4.79 Å². The van der Waals surface area contributed by atoms with Crippen molar-refractivity contribution in [2.75, 3.05) is 7.05 Å². The van der Waals surface area contributed by atoms with Gasteiger partial charge in [-0.25, -0.2) is 9.97 Å². The number of rotatable bonds is 5. The van der Waals surface area contributed by atoms with Gasteiger partial charge in [0.15, 0.2) is 5.82 Å². The van der Waals surface area contributed by atoms with Crippen molar-refractivity contribution in [2.24, 2.45) is 0 Å². The van der Waals surface area contributed by atoms with Crippen LogP contribution >= 0.6 is 11.6 Å². The second kappa shape index (κ2) is 8.71. The van der Waals surface area contributed by atoms with Gasteiger partial charge in [-0.3, -0.25) is 9.48 Å². The van der Waals surface area contributed by atoms with E-state index in [0.717, 1.165) is 22.4 Å². The molecule has 0 aliphatic rings. The van der Waals surface area contributed by atoms with E-state index in [1.54, 1.807) is 24.1 Å². The molecule has 0 aliphatic carbocycles. The molecule has 1 amide bonds. The number of hydrogen-bond donors (Lipinski definition) is 0. The first-order valence-corrected chi connectivity index (χ1v) is 11.0. The SMILES string of the molecule is Cc1ccccc1-c1nc(C(=O)N(C)Cc2cnn(C(C)C)c2C)c2cc(Cl)ccc2n1. The third kappa shape index (κ3) is 4.10. The van der Waals surface area contributed by atoms with Crippen LogP contribution < -0.4 is 0 Å². The van der Waals surface area contributed by atoms with Gasteiger partial charge in [-0.1, -0.05) is 35.9 Å². The lowest BCUT2D eigenvalue weighted by Crippen LogP contribution is -2.28. The minimum absolute atomic E-state index is 0.189. The summed E-state index contributed by atoms with van der Waals surface area (Å²) in [5, 5.41) is 5.64. The summed E-state index contributed by atoms with van der Waals surface area (Å²) < 4.78 is 1.96. The lowest BCUT2D eigenvalue weighted by atomic mass is 10.1. The second-order valence-corrected chi connectivity index (χ2v) is 8.76. The topological polar surface area (TPSA) is 63.9 Å². The van der Waals surface area contributed by atoms with E-state index in [1.807, 2.05) is 55.1 Å². The molecular formula is C25H26ClN5O. The molecule has 32 heavy (non-hydrogen) atoms. The zero-order valence-electron chi connectivity index (χ0n) is 18.9. The molecule has 2 heterocycles. The average Bonchev–Trinajstić information content (AvgIpc) is 3.13. The molecule has 0 aliphatic heterocycles. The maximum atomic E-state index is 13.6. The predicted molar refractivity (Wildman–Crippen MR) is 128 cm³/mol. The molecule has 0 spiro atoms. The first-order chi connectivity index (χ1) is 15.3. The summed E-state index contributed by atoms with van der Waals surface area (Å²) in [6.45, 7) is 8.64. The van der Waals surface area contributed by atoms with E-state index in [9.17, 15) is 4.79 Å². The number of hydrogen-bond acceptors (Lipinski definition) is 4. The molecule has 0 unspecified atom stereocenters. The van der Waals surface area contributed by atoms with Gasteiger partial charge in [-0.15, -0.1) is 0 Å². The van der Waals surface area contributed by atoms with Gasteiger partial charge in [-0.05, 0) is 51.5 Å². The molecule has 2 aromatic carbocycles. The fourth-order valence-electron chi connectivity index (χ4n) is 3.85. The van der Waals surface area contributed by atoms with Crippen LogP contribution in [0, 0.1) is 13.8 Å². The molecule has 4 aromatic rings. The summed E-state index contributed by atoms with van der Waals surface area (Å²) in [6.07, 6.45) is 1.83. The number of carbonyl (C=O) groups excluding carboxylic acids is 1. The zero-order valence-corrected chi connectivity index (χ0v) is 19.7. The Bertz CT molecular complexity index is 1310. The minimum atomic E-state index is -0.189. The molecule has 0 saturated carbocycles. The maximum Gasteiger partial charge on any atom is 0.273 e. The van der Waals surface area contributed by atoms with Crippen molar-refractivity contribution in [3.05, 3.63) is 76.2 Å². The van der Waals surface area contributed by atoms with Gasteiger partial charge in [0.1, 0.15) is 5.69 Å². The monoisotopic (exact) mass is 447 g/mol. The smallest absolute Gasteiger partial charge is 0.273 e. The van der Waals surface area contributed by atoms with Crippen molar-refractivity contribution in [1.82, 2.24) is 24.6 Å². The molecule has 6 nitrogen and oxygen atoms in total. The third-order valence-electron chi connectivity index (χ3n) is 5.64. The van der Waals surface area contributed by atoms with Crippen LogP contribution in [0.3, 0.4) is 0 Å². The summed E-state index contributed by atoms with van der Waals surface area (Å²) >= 11 is 6.25. The Morgan fingerprint density at radius 1 is 1.12 bits per heavy atom. The first kappa shape index (κ1) is 22.0. The number of amides is 1. The van der Waals surface area contributed by atoms with Crippen LogP contribution in [0.5, 0.6) is 0 Å². The van der Waals surface area contributed by atoms with Crippen molar-refractivity contribution in [2.45, 2.75) is 40.3 Å². The second-order valence-electron chi connectivity index (χ2n) is 8.33. The highest BCUT2D eigenvalue weighted by Crippen LogP contribution is 2.27. The van der Waals surface area contributed by atoms with Crippen molar-refractivity contribution in [3.8, 4) is 11.4 Å². The lowest BCUT2D eigenvalue weighted by molar-refractivity contribution is 0.0781. The quantitative estimate of drug-likeness (QED) is 0.398. The molecule has 4 rings (SSSR count). The highest BCUT2D eigenvalue weighted by atomic mass is 35.5. The van der Waals surface area contributed by atoms with Gasteiger partial charge < -0.3 is 4.90 Å². The Kier molecular flexibility index (Phi) is 5.98. The standard InChI is InChI=1S/C25H26ClN5O/c1-15(2)31-17(4)18(13-27-31)14-30(5)25(32)23-21-12-19(26)10-11-22(21)28-24(29-23)20-9-7-6-8-16(20)3/h6-13,15H,14H2,1-5H3. The molecule has 0 radical (unpaired) electrons. The zero-order chi connectivity index (χ0) is 23.0. The highest BCUT2D eigenvalue weighted by molar-refractivity contribution is 6.31. The Hall–Kier alpha value is -3.25. The Labute approximate surface area is 192 Å².